The molecule has 0 nitrogen and oxygen atoms in total. The van der Waals surface area contributed by atoms with Crippen LogP contribution in [0.5, 0.6) is 0 Å². The van der Waals surface area contributed by atoms with E-state index in [1.807, 2.05) is 19.1 Å². The van der Waals surface area contributed by atoms with E-state index in [4.69, 9.17) is 0 Å². The molecule has 0 aromatic rings. The van der Waals surface area contributed by atoms with E-state index in [9.17, 15) is 0 Å². The van der Waals surface area contributed by atoms with Gasteiger partial charge in [0.2, 0.25) is 0 Å². The molecule has 0 amide bonds. The van der Waals surface area contributed by atoms with Crippen LogP contribution in [0, 0.1) is 5.92 Å². The van der Waals surface area contributed by atoms with Crippen LogP contribution in [-0.4, -0.2) is 0 Å². The summed E-state index contributed by atoms with van der Waals surface area (Å²) in [5, 5.41) is 0. The molecule has 0 aromatic heterocycles. The molecule has 0 heterocycles. The van der Waals surface area contributed by atoms with E-state index < -0.39 is 0 Å². The predicted octanol–water partition coefficient (Wildman–Crippen LogP) is 4.50. The molecule has 0 spiro atoms. The molecule has 0 aliphatic rings. The Labute approximate surface area is 83.0 Å². The van der Waals surface area contributed by atoms with Crippen LogP contribution in [0.4, 0.5) is 0 Å². The zero-order valence-corrected chi connectivity index (χ0v) is 9.22. The number of hydrogen-bond donors (Lipinski definition) is 0. The van der Waals surface area contributed by atoms with E-state index in [0.29, 0.717) is 5.92 Å². The molecule has 0 saturated heterocycles. The average Bonchev–Trinajstić information content (AvgIpc) is 2.14. The third-order valence-electron chi connectivity index (χ3n) is 2.27. The van der Waals surface area contributed by atoms with E-state index in [-0.39, 0.29) is 0 Å². The standard InChI is InChI=1S/C13H22/c1-5-8-9-11-12(4)13(7-3)10-6-2/h5,8-9,11,13H,4,6-7,10H2,1-3H3. The highest BCUT2D eigenvalue weighted by Crippen LogP contribution is 2.20. The Hall–Kier alpha value is -0.780. The predicted molar refractivity (Wildman–Crippen MR) is 61.8 cm³/mol. The van der Waals surface area contributed by atoms with Gasteiger partial charge in [-0.3, -0.25) is 0 Å². The lowest BCUT2D eigenvalue weighted by Crippen LogP contribution is -1.99. The van der Waals surface area contributed by atoms with Gasteiger partial charge in [-0.15, -0.1) is 0 Å². The largest absolute Gasteiger partial charge is 0.0955 e. The molecule has 0 bridgehead atoms. The number of rotatable bonds is 6. The molecular weight excluding hydrogens is 156 g/mol. The fraction of sp³-hybridized carbons (Fsp3) is 0.538. The Morgan fingerprint density at radius 3 is 2.46 bits per heavy atom. The van der Waals surface area contributed by atoms with Crippen LogP contribution in [0.15, 0.2) is 36.5 Å². The van der Waals surface area contributed by atoms with Crippen LogP contribution in [0.1, 0.15) is 40.0 Å². The van der Waals surface area contributed by atoms with Crippen LogP contribution < -0.4 is 0 Å². The molecule has 0 saturated carbocycles. The highest BCUT2D eigenvalue weighted by molar-refractivity contribution is 5.21. The minimum atomic E-state index is 0.673. The van der Waals surface area contributed by atoms with Crippen molar-refractivity contribution in [3.8, 4) is 0 Å². The summed E-state index contributed by atoms with van der Waals surface area (Å²) in [6.07, 6.45) is 12.0. The zero-order chi connectivity index (χ0) is 10.1. The van der Waals surface area contributed by atoms with Gasteiger partial charge in [-0.2, -0.15) is 0 Å². The Bertz CT molecular complexity index is 184. The summed E-state index contributed by atoms with van der Waals surface area (Å²) in [7, 11) is 0. The lowest BCUT2D eigenvalue weighted by Gasteiger charge is -2.13. The van der Waals surface area contributed by atoms with Crippen molar-refractivity contribution in [1.82, 2.24) is 0 Å². The third kappa shape index (κ3) is 5.46. The molecule has 0 radical (unpaired) electrons. The Morgan fingerprint density at radius 1 is 1.31 bits per heavy atom. The minimum absolute atomic E-state index is 0.673. The molecule has 13 heavy (non-hydrogen) atoms. The van der Waals surface area contributed by atoms with Crippen molar-refractivity contribution in [3.63, 3.8) is 0 Å². The summed E-state index contributed by atoms with van der Waals surface area (Å²) >= 11 is 0. The molecule has 0 aromatic carbocycles. The highest BCUT2D eigenvalue weighted by Gasteiger charge is 2.05. The average molecular weight is 178 g/mol. The summed E-state index contributed by atoms with van der Waals surface area (Å²) in [5.41, 5.74) is 1.27. The Morgan fingerprint density at radius 2 is 2.00 bits per heavy atom. The summed E-state index contributed by atoms with van der Waals surface area (Å²) < 4.78 is 0. The maximum Gasteiger partial charge on any atom is -0.0171 e. The topological polar surface area (TPSA) is 0 Å². The smallest absolute Gasteiger partial charge is 0.0171 e. The lowest BCUT2D eigenvalue weighted by atomic mass is 9.93. The van der Waals surface area contributed by atoms with Crippen LogP contribution in [-0.2, 0) is 0 Å². The molecule has 0 heteroatoms. The van der Waals surface area contributed by atoms with Crippen molar-refractivity contribution >= 4 is 0 Å². The first-order valence-electron chi connectivity index (χ1n) is 5.24. The normalized spacial score (nSPS) is 14.1. The van der Waals surface area contributed by atoms with Crippen molar-refractivity contribution in [2.75, 3.05) is 0 Å². The molecule has 0 aliphatic heterocycles. The van der Waals surface area contributed by atoms with Crippen molar-refractivity contribution in [2.45, 2.75) is 40.0 Å². The monoisotopic (exact) mass is 178 g/mol. The molecule has 74 valence electrons. The number of hydrogen-bond acceptors (Lipinski definition) is 0. The minimum Gasteiger partial charge on any atom is -0.0955 e. The maximum absolute atomic E-state index is 4.10. The van der Waals surface area contributed by atoms with Crippen molar-refractivity contribution in [2.24, 2.45) is 5.92 Å². The Kier molecular flexibility index (Phi) is 7.38. The quantitative estimate of drug-likeness (QED) is 0.525. The van der Waals surface area contributed by atoms with E-state index >= 15 is 0 Å². The van der Waals surface area contributed by atoms with Gasteiger partial charge in [-0.1, -0.05) is 56.7 Å². The van der Waals surface area contributed by atoms with Crippen LogP contribution in [0.2, 0.25) is 0 Å². The summed E-state index contributed by atoms with van der Waals surface area (Å²) in [4.78, 5) is 0. The summed E-state index contributed by atoms with van der Waals surface area (Å²) in [6.45, 7) is 10.6. The highest BCUT2D eigenvalue weighted by atomic mass is 14.1. The molecule has 0 rings (SSSR count). The lowest BCUT2D eigenvalue weighted by molar-refractivity contribution is 0.545. The fourth-order valence-electron chi connectivity index (χ4n) is 1.43. The van der Waals surface area contributed by atoms with Gasteiger partial charge in [0.1, 0.15) is 0 Å². The SMILES string of the molecule is C=C(C=CC=CC)C(CC)CCC. The summed E-state index contributed by atoms with van der Waals surface area (Å²) in [5.74, 6) is 0.673. The second-order valence-electron chi connectivity index (χ2n) is 3.35. The van der Waals surface area contributed by atoms with E-state index in [2.05, 4.69) is 32.6 Å². The number of allylic oxidation sites excluding steroid dienone is 5. The van der Waals surface area contributed by atoms with Crippen LogP contribution >= 0.6 is 0 Å². The maximum atomic E-state index is 4.10. The van der Waals surface area contributed by atoms with Crippen LogP contribution in [0.3, 0.4) is 0 Å². The van der Waals surface area contributed by atoms with Gasteiger partial charge >= 0.3 is 0 Å². The van der Waals surface area contributed by atoms with Gasteiger partial charge in [-0.25, -0.2) is 0 Å². The first-order chi connectivity index (χ1) is 6.26. The van der Waals surface area contributed by atoms with E-state index in [1.165, 1.54) is 24.8 Å². The Balaban J connectivity index is 4.04. The van der Waals surface area contributed by atoms with Crippen LogP contribution in [0.25, 0.3) is 0 Å². The molecule has 0 N–H and O–H groups in total. The van der Waals surface area contributed by atoms with Gasteiger partial charge < -0.3 is 0 Å². The molecule has 0 aliphatic carbocycles. The van der Waals surface area contributed by atoms with E-state index in [1.54, 1.807) is 0 Å². The van der Waals surface area contributed by atoms with Gasteiger partial charge in [0, 0.05) is 0 Å². The van der Waals surface area contributed by atoms with Crippen molar-refractivity contribution in [1.29, 1.82) is 0 Å². The van der Waals surface area contributed by atoms with Gasteiger partial charge in [0.25, 0.3) is 0 Å². The summed E-state index contributed by atoms with van der Waals surface area (Å²) in [6, 6.07) is 0. The molecule has 1 atom stereocenters. The van der Waals surface area contributed by atoms with Gasteiger partial charge in [-0.05, 0) is 25.7 Å². The molecule has 1 unspecified atom stereocenters. The second-order valence-corrected chi connectivity index (χ2v) is 3.35. The first-order valence-corrected chi connectivity index (χ1v) is 5.24. The third-order valence-corrected chi connectivity index (χ3v) is 2.27. The molecular formula is C13H22. The fourth-order valence-corrected chi connectivity index (χ4v) is 1.43. The van der Waals surface area contributed by atoms with Crippen molar-refractivity contribution in [3.05, 3.63) is 36.5 Å². The first kappa shape index (κ1) is 12.2. The van der Waals surface area contributed by atoms with Gasteiger partial charge in [0.15, 0.2) is 0 Å². The molecule has 0 fully saturated rings. The van der Waals surface area contributed by atoms with E-state index in [0.717, 1.165) is 0 Å². The van der Waals surface area contributed by atoms with Gasteiger partial charge in [0.05, 0.1) is 0 Å². The van der Waals surface area contributed by atoms with Crippen molar-refractivity contribution < 1.29 is 0 Å². The zero-order valence-electron chi connectivity index (χ0n) is 9.22. The second kappa shape index (κ2) is 7.85.